The number of phenolic OH excluding ortho intramolecular Hbond substituents is 1. The molecular formula is C33H44F5NO3S. The number of halogens is 5. The number of aryl methyl sites for hydroxylation is 1. The van der Waals surface area contributed by atoms with Gasteiger partial charge in [-0.05, 0) is 130 Å². The predicted molar refractivity (Wildman–Crippen MR) is 163 cm³/mol. The molecule has 0 radical (unpaired) electrons. The number of rotatable bonds is 17. The summed E-state index contributed by atoms with van der Waals surface area (Å²) in [4.78, 5) is 2.10. The quantitative estimate of drug-likeness (QED) is 0.140. The van der Waals surface area contributed by atoms with Gasteiger partial charge in [0.15, 0.2) is 11.6 Å². The van der Waals surface area contributed by atoms with Crippen molar-refractivity contribution in [3.8, 4) is 5.75 Å². The first-order valence-corrected chi connectivity index (χ1v) is 17.1. The first-order chi connectivity index (χ1) is 20.3. The fraction of sp³-hybridized carbons (Fsp3) is 0.576. The molecule has 1 N–H and O–H groups in total. The predicted octanol–water partition coefficient (Wildman–Crippen LogP) is 8.73. The zero-order valence-electron chi connectivity index (χ0n) is 25.0. The maximum Gasteiger partial charge on any atom is 0.389 e. The Bertz CT molecular complexity index is 1310. The molecule has 1 aliphatic rings. The van der Waals surface area contributed by atoms with E-state index in [9.17, 15) is 35.5 Å². The lowest BCUT2D eigenvalue weighted by Crippen LogP contribution is -2.23. The Kier molecular flexibility index (Phi) is 13.5. The molecule has 0 amide bonds. The molecule has 10 heteroatoms. The number of hydrogen-bond donors (Lipinski definition) is 1. The molecule has 240 valence electrons. The van der Waals surface area contributed by atoms with Crippen LogP contribution in [0.4, 0.5) is 22.0 Å². The molecule has 0 saturated heterocycles. The van der Waals surface area contributed by atoms with Gasteiger partial charge in [0.05, 0.1) is 11.5 Å². The molecule has 0 aromatic heterocycles. The third kappa shape index (κ3) is 12.2. The van der Waals surface area contributed by atoms with Crippen molar-refractivity contribution >= 4 is 21.0 Å². The Morgan fingerprint density at radius 3 is 2.21 bits per heavy atom. The standard InChI is InChI=1S/C33H44F5NO3S/c1-39(20-10-22-43(41,42)21-8-4-6-18-33(36,37)38)19-7-3-2-5-12-29-28(25-14-16-27(34)17-15-25)13-9-11-26-23-32(40)31(35)24-30(26)29/h14-17,23-24,40H,2-13,18-22H2,1H3. The molecule has 0 aliphatic heterocycles. The lowest BCUT2D eigenvalue weighted by atomic mass is 9.89. The van der Waals surface area contributed by atoms with E-state index in [4.69, 9.17) is 0 Å². The SMILES string of the molecule is CN(CCCCCCC1=C(c2ccc(F)cc2)CCCc2cc(O)c(F)cc21)CCCS(=O)(=O)CCCCCC(F)(F)F. The summed E-state index contributed by atoms with van der Waals surface area (Å²) in [5.74, 6) is -1.31. The molecular weight excluding hydrogens is 585 g/mol. The molecule has 0 fully saturated rings. The van der Waals surface area contributed by atoms with E-state index in [1.54, 1.807) is 12.1 Å². The Balaban J connectivity index is 1.43. The van der Waals surface area contributed by atoms with Gasteiger partial charge in [-0.2, -0.15) is 13.2 Å². The van der Waals surface area contributed by atoms with Gasteiger partial charge in [0.2, 0.25) is 0 Å². The van der Waals surface area contributed by atoms with Crippen LogP contribution in [-0.2, 0) is 16.3 Å². The van der Waals surface area contributed by atoms with Crippen LogP contribution >= 0.6 is 0 Å². The largest absolute Gasteiger partial charge is 0.505 e. The van der Waals surface area contributed by atoms with Crippen LogP contribution in [0, 0.1) is 11.6 Å². The van der Waals surface area contributed by atoms with Crippen molar-refractivity contribution in [2.24, 2.45) is 0 Å². The van der Waals surface area contributed by atoms with Crippen molar-refractivity contribution in [3.05, 3.63) is 64.7 Å². The molecule has 0 atom stereocenters. The molecule has 0 bridgehead atoms. The maximum atomic E-state index is 14.4. The van der Waals surface area contributed by atoms with Gasteiger partial charge in [-0.3, -0.25) is 0 Å². The van der Waals surface area contributed by atoms with Crippen molar-refractivity contribution in [2.45, 2.75) is 89.6 Å². The second-order valence-electron chi connectivity index (χ2n) is 11.7. The summed E-state index contributed by atoms with van der Waals surface area (Å²) >= 11 is 0. The summed E-state index contributed by atoms with van der Waals surface area (Å²) < 4.78 is 89.1. The van der Waals surface area contributed by atoms with E-state index < -0.39 is 28.3 Å². The number of hydrogen-bond acceptors (Lipinski definition) is 4. The summed E-state index contributed by atoms with van der Waals surface area (Å²) in [5.41, 5.74) is 4.83. The van der Waals surface area contributed by atoms with Gasteiger partial charge < -0.3 is 10.0 Å². The minimum absolute atomic E-state index is 0.0365. The van der Waals surface area contributed by atoms with Crippen LogP contribution in [0.5, 0.6) is 5.75 Å². The highest BCUT2D eigenvalue weighted by atomic mass is 32.2. The maximum absolute atomic E-state index is 14.4. The molecule has 2 aromatic rings. The van der Waals surface area contributed by atoms with Crippen LogP contribution in [0.1, 0.15) is 93.7 Å². The highest BCUT2D eigenvalue weighted by Crippen LogP contribution is 2.40. The monoisotopic (exact) mass is 629 g/mol. The van der Waals surface area contributed by atoms with Gasteiger partial charge in [-0.1, -0.05) is 31.4 Å². The van der Waals surface area contributed by atoms with Crippen molar-refractivity contribution in [1.29, 1.82) is 0 Å². The number of alkyl halides is 3. The number of sulfone groups is 1. The summed E-state index contributed by atoms with van der Waals surface area (Å²) in [6, 6.07) is 9.38. The number of nitrogens with zero attached hydrogens (tertiary/aromatic N) is 1. The smallest absolute Gasteiger partial charge is 0.389 e. The fourth-order valence-electron chi connectivity index (χ4n) is 5.75. The first kappa shape index (κ1) is 35.0. The molecule has 1 aliphatic carbocycles. The third-order valence-electron chi connectivity index (χ3n) is 8.06. The second-order valence-corrected chi connectivity index (χ2v) is 14.0. The second kappa shape index (κ2) is 16.6. The van der Waals surface area contributed by atoms with Gasteiger partial charge in [-0.25, -0.2) is 17.2 Å². The van der Waals surface area contributed by atoms with Crippen LogP contribution in [0.2, 0.25) is 0 Å². The first-order valence-electron chi connectivity index (χ1n) is 15.3. The number of allylic oxidation sites excluding steroid dienone is 2. The minimum Gasteiger partial charge on any atom is -0.505 e. The van der Waals surface area contributed by atoms with Crippen molar-refractivity contribution in [3.63, 3.8) is 0 Å². The molecule has 3 rings (SSSR count). The molecule has 0 unspecified atom stereocenters. The van der Waals surface area contributed by atoms with Crippen molar-refractivity contribution in [2.75, 3.05) is 31.6 Å². The van der Waals surface area contributed by atoms with E-state index in [0.717, 1.165) is 85.7 Å². The Hall–Kier alpha value is -2.46. The normalized spacial score (nSPS) is 14.3. The Morgan fingerprint density at radius 2 is 1.49 bits per heavy atom. The van der Waals surface area contributed by atoms with Gasteiger partial charge in [0.1, 0.15) is 15.7 Å². The fourth-order valence-corrected chi connectivity index (χ4v) is 7.16. The Labute approximate surface area is 252 Å². The lowest BCUT2D eigenvalue weighted by molar-refractivity contribution is -0.135. The molecule has 0 saturated carbocycles. The average Bonchev–Trinajstić information content (AvgIpc) is 3.09. The van der Waals surface area contributed by atoms with E-state index in [2.05, 4.69) is 4.90 Å². The average molecular weight is 630 g/mol. The van der Waals surface area contributed by atoms with Crippen molar-refractivity contribution < 1.29 is 35.5 Å². The minimum atomic E-state index is -4.19. The molecule has 43 heavy (non-hydrogen) atoms. The number of benzene rings is 2. The number of unbranched alkanes of at least 4 members (excludes halogenated alkanes) is 5. The van der Waals surface area contributed by atoms with Gasteiger partial charge in [-0.15, -0.1) is 0 Å². The molecule has 0 heterocycles. The summed E-state index contributed by atoms with van der Waals surface area (Å²) in [6.45, 7) is 1.46. The third-order valence-corrected chi connectivity index (χ3v) is 9.88. The molecule has 2 aromatic carbocycles. The zero-order chi connectivity index (χ0) is 31.5. The van der Waals surface area contributed by atoms with Crippen LogP contribution in [0.15, 0.2) is 36.4 Å². The van der Waals surface area contributed by atoms with Crippen molar-refractivity contribution in [1.82, 2.24) is 4.90 Å². The zero-order valence-corrected chi connectivity index (χ0v) is 25.8. The van der Waals surface area contributed by atoms with E-state index in [0.29, 0.717) is 13.0 Å². The summed E-state index contributed by atoms with van der Waals surface area (Å²) in [7, 11) is -1.31. The van der Waals surface area contributed by atoms with Crippen LogP contribution in [-0.4, -0.2) is 56.2 Å². The van der Waals surface area contributed by atoms with Gasteiger partial charge >= 0.3 is 6.18 Å². The lowest BCUT2D eigenvalue weighted by Gasteiger charge is -2.18. The molecule has 4 nitrogen and oxygen atoms in total. The highest BCUT2D eigenvalue weighted by molar-refractivity contribution is 7.91. The number of phenols is 1. The summed E-state index contributed by atoms with van der Waals surface area (Å²) in [5, 5.41) is 9.96. The molecule has 0 spiro atoms. The number of fused-ring (bicyclic) bond motifs is 1. The van der Waals surface area contributed by atoms with E-state index in [1.807, 2.05) is 7.05 Å². The van der Waals surface area contributed by atoms with Crippen LogP contribution < -0.4 is 0 Å². The van der Waals surface area contributed by atoms with Crippen LogP contribution in [0.3, 0.4) is 0 Å². The van der Waals surface area contributed by atoms with Gasteiger partial charge in [0, 0.05) is 6.42 Å². The van der Waals surface area contributed by atoms with Crippen LogP contribution in [0.25, 0.3) is 11.1 Å². The van der Waals surface area contributed by atoms with E-state index in [1.165, 1.54) is 24.3 Å². The van der Waals surface area contributed by atoms with Gasteiger partial charge in [0.25, 0.3) is 0 Å². The van der Waals surface area contributed by atoms with E-state index in [-0.39, 0.29) is 42.3 Å². The summed E-state index contributed by atoms with van der Waals surface area (Å²) in [6.07, 6.45) is 2.83. The highest BCUT2D eigenvalue weighted by Gasteiger charge is 2.26. The topological polar surface area (TPSA) is 57.6 Å². The number of aromatic hydroxyl groups is 1. The Morgan fingerprint density at radius 1 is 0.837 bits per heavy atom. The van der Waals surface area contributed by atoms with E-state index >= 15 is 0 Å².